The second kappa shape index (κ2) is 27.8. The number of nitrogens with zero attached hydrogens (tertiary/aromatic N) is 4. The highest BCUT2D eigenvalue weighted by molar-refractivity contribution is 6.74. The fourth-order valence-electron chi connectivity index (χ4n) is 8.94. The molecule has 91 heavy (non-hydrogen) atoms. The quantitative estimate of drug-likeness (QED) is 0.0188. The Morgan fingerprint density at radius 3 is 1.27 bits per heavy atom. The van der Waals surface area contributed by atoms with E-state index in [4.69, 9.17) is 51.7 Å². The Kier molecular flexibility index (Phi) is 20.2. The Balaban J connectivity index is 0.000000218. The molecule has 0 saturated heterocycles. The molecule has 2 aliphatic rings. The zero-order chi connectivity index (χ0) is 65.4. The third-order valence-electron chi connectivity index (χ3n) is 15.5. The van der Waals surface area contributed by atoms with Gasteiger partial charge in [0.25, 0.3) is 11.8 Å². The largest absolute Gasteiger partial charge is 0.490 e. The summed E-state index contributed by atoms with van der Waals surface area (Å²) in [5.74, 6) is -2.31. The minimum Gasteiger partial charge on any atom is -0.490 e. The number of hydrogen-bond donors (Lipinski definition) is 7. The number of carbonyl (C=O) groups is 6. The number of pyridine rings is 4. The Morgan fingerprint density at radius 2 is 0.923 bits per heavy atom. The van der Waals surface area contributed by atoms with Crippen molar-refractivity contribution in [1.82, 2.24) is 30.6 Å². The summed E-state index contributed by atoms with van der Waals surface area (Å²) in [5, 5.41) is 26.3. The van der Waals surface area contributed by atoms with Gasteiger partial charge in [-0.1, -0.05) is 44.0 Å². The highest BCUT2D eigenvalue weighted by Gasteiger charge is 2.57. The lowest BCUT2D eigenvalue weighted by Gasteiger charge is -2.36. The number of benzene rings is 4. The van der Waals surface area contributed by atoms with Crippen molar-refractivity contribution in [3.8, 4) is 34.8 Å². The zero-order valence-corrected chi connectivity index (χ0v) is 53.0. The normalized spacial score (nSPS) is 13.5. The average molecular weight is 1300 g/mol. The summed E-state index contributed by atoms with van der Waals surface area (Å²) < 4.78 is 56.2. The fourth-order valence-corrected chi connectivity index (χ4v) is 10.4. The minimum absolute atomic E-state index is 0.00580. The van der Waals surface area contributed by atoms with E-state index in [1.807, 2.05) is 0 Å². The average Bonchev–Trinajstić information content (AvgIpc) is 1.69. The summed E-state index contributed by atoms with van der Waals surface area (Å²) in [6, 6.07) is 23.1. The molecule has 474 valence electrons. The number of nitrogens with one attached hydrogen (secondary N) is 6. The maximum Gasteiger partial charge on any atom is 0.254 e. The van der Waals surface area contributed by atoms with Crippen molar-refractivity contribution in [2.45, 2.75) is 64.6 Å². The van der Waals surface area contributed by atoms with Crippen LogP contribution < -0.4 is 50.8 Å². The predicted octanol–water partition coefficient (Wildman–Crippen LogP) is 11.6. The molecule has 0 bridgehead atoms. The van der Waals surface area contributed by atoms with Crippen LogP contribution in [0.2, 0.25) is 28.2 Å². The van der Waals surface area contributed by atoms with Crippen LogP contribution in [0.5, 0.6) is 34.8 Å². The molecule has 4 aromatic heterocycles. The maximum absolute atomic E-state index is 13.2. The van der Waals surface area contributed by atoms with E-state index in [0.29, 0.717) is 82.7 Å². The number of ether oxygens (including phenoxy) is 4. The first kappa shape index (κ1) is 66.0. The first-order chi connectivity index (χ1) is 43.4. The van der Waals surface area contributed by atoms with E-state index >= 15 is 0 Å². The van der Waals surface area contributed by atoms with Crippen LogP contribution in [0.25, 0.3) is 21.8 Å². The van der Waals surface area contributed by atoms with E-state index in [1.165, 1.54) is 93.3 Å². The lowest BCUT2D eigenvalue weighted by molar-refractivity contribution is -0.132. The molecule has 2 aliphatic carbocycles. The van der Waals surface area contributed by atoms with E-state index in [2.05, 4.69) is 85.7 Å². The van der Waals surface area contributed by atoms with Crippen LogP contribution in [0.1, 0.15) is 67.2 Å². The van der Waals surface area contributed by atoms with Crippen molar-refractivity contribution in [3.05, 3.63) is 155 Å². The molecule has 2 fully saturated rings. The molecule has 0 unspecified atom stereocenters. The predicted molar refractivity (Wildman–Crippen MR) is 341 cm³/mol. The van der Waals surface area contributed by atoms with E-state index in [9.17, 15) is 37.5 Å². The summed E-state index contributed by atoms with van der Waals surface area (Å²) in [4.78, 5) is 94.6. The third kappa shape index (κ3) is 15.4. The first-order valence-corrected chi connectivity index (χ1v) is 32.3. The summed E-state index contributed by atoms with van der Waals surface area (Å²) in [7, 11) is 1.05. The maximum atomic E-state index is 13.2. The van der Waals surface area contributed by atoms with Gasteiger partial charge in [-0.2, -0.15) is 0 Å². The van der Waals surface area contributed by atoms with Crippen molar-refractivity contribution in [2.24, 2.45) is 10.8 Å². The zero-order valence-electron chi connectivity index (χ0n) is 50.4. The highest BCUT2D eigenvalue weighted by atomic mass is 35.5. The molecular weight excluding hydrogens is 1240 g/mol. The Labute approximate surface area is 532 Å². The standard InChI is InChI=1S/C35H39ClFN5O6Si.C29H25ClFN5O6/c1-34(2,3)49(5,6)47-16-15-46-29-19-27-24(18-25(29)30(43)38-4)28(11-14-39-27)48-31-26(36)17-23(20-40-31)42-33(45)35(12-13-35)32(44)41-22-9-7-21(37)8-10-22;1-32-25(38)20-13-19-22(14-24(20)41-11-10-37)33-9-6-23(19)42-26-21(30)12-18(15-34-26)36-28(40)29(7-8-29)27(39)35-17-4-2-16(31)3-5-17/h7-11,14,17-20H,12-13,15-16H2,1-6H3,(H,38,43)(H,41,44)(H,42,45);2-6,9,12-15,37H,7-8,10-11H2,1H3,(H,32,38)(H,35,39)(H,36,40). The minimum atomic E-state index is -1.97. The Hall–Kier alpha value is -9.40. The lowest BCUT2D eigenvalue weighted by atomic mass is 10.0. The van der Waals surface area contributed by atoms with Gasteiger partial charge in [0.2, 0.25) is 35.4 Å². The molecule has 0 atom stereocenters. The van der Waals surface area contributed by atoms with Crippen LogP contribution in [-0.2, 0) is 23.6 Å². The molecule has 0 spiro atoms. The van der Waals surface area contributed by atoms with Crippen LogP contribution in [0.15, 0.2) is 122 Å². The van der Waals surface area contributed by atoms with Gasteiger partial charge < -0.3 is 60.4 Å². The monoisotopic (exact) mass is 1300 g/mol. The topological polar surface area (TPSA) is 293 Å². The molecule has 4 heterocycles. The molecule has 6 amide bonds. The SMILES string of the molecule is CNC(=O)c1cc2c(Oc3ncc(NC(=O)C4(C(=O)Nc5ccc(F)cc5)CC4)cc3Cl)ccnc2cc1OCCO.CNC(=O)c1cc2c(Oc3ncc(NC(=O)C4(C(=O)Nc5ccc(F)cc5)CC4)cc3Cl)ccnc2cc1OCCO[Si](C)(C)C(C)(C)C. The summed E-state index contributed by atoms with van der Waals surface area (Å²) in [5.41, 5.74) is 0.254. The number of aliphatic hydroxyl groups is 1. The molecule has 10 rings (SSSR count). The molecule has 27 heteroatoms. The molecule has 8 aromatic rings. The van der Waals surface area contributed by atoms with Gasteiger partial charge in [0.15, 0.2) is 8.32 Å². The van der Waals surface area contributed by atoms with Gasteiger partial charge in [-0.25, -0.2) is 18.7 Å². The fraction of sp³-hybridized carbons (Fsp3) is 0.281. The van der Waals surface area contributed by atoms with Gasteiger partial charge in [-0.15, -0.1) is 0 Å². The summed E-state index contributed by atoms with van der Waals surface area (Å²) >= 11 is 13.0. The van der Waals surface area contributed by atoms with Crippen LogP contribution in [0.4, 0.5) is 31.5 Å². The number of aromatic nitrogens is 4. The summed E-state index contributed by atoms with van der Waals surface area (Å²) in [6.07, 6.45) is 7.19. The number of halogens is 4. The van der Waals surface area contributed by atoms with Gasteiger partial charge >= 0.3 is 0 Å². The van der Waals surface area contributed by atoms with Crippen LogP contribution in [0.3, 0.4) is 0 Å². The molecule has 0 radical (unpaired) electrons. The number of hydrogen-bond acceptors (Lipinski definition) is 16. The molecule has 2 saturated carbocycles. The van der Waals surface area contributed by atoms with Gasteiger partial charge in [0.1, 0.15) is 68.7 Å². The number of amides is 6. The Morgan fingerprint density at radius 1 is 0.538 bits per heavy atom. The molecule has 4 aromatic carbocycles. The van der Waals surface area contributed by atoms with Crippen LogP contribution >= 0.6 is 23.2 Å². The number of anilines is 4. The molecule has 0 aliphatic heterocycles. The lowest BCUT2D eigenvalue weighted by Crippen LogP contribution is -2.41. The van der Waals surface area contributed by atoms with E-state index < -0.39 is 60.3 Å². The van der Waals surface area contributed by atoms with E-state index in [-0.39, 0.29) is 80.8 Å². The number of fused-ring (bicyclic) bond motifs is 2. The van der Waals surface area contributed by atoms with Crippen molar-refractivity contribution in [1.29, 1.82) is 0 Å². The second-order valence-corrected chi connectivity index (χ2v) is 28.4. The van der Waals surface area contributed by atoms with E-state index in [1.54, 1.807) is 42.6 Å². The second-order valence-electron chi connectivity index (χ2n) is 22.8. The van der Waals surface area contributed by atoms with Crippen LogP contribution in [-0.4, -0.2) is 109 Å². The molecule has 22 nitrogen and oxygen atoms in total. The highest BCUT2D eigenvalue weighted by Crippen LogP contribution is 2.49. The number of aliphatic hydroxyl groups excluding tert-OH is 1. The van der Waals surface area contributed by atoms with E-state index in [0.717, 1.165) is 0 Å². The first-order valence-electron chi connectivity index (χ1n) is 28.6. The molecule has 7 N–H and O–H groups in total. The smallest absolute Gasteiger partial charge is 0.254 e. The Bertz CT molecular complexity index is 4100. The van der Waals surface area contributed by atoms with Crippen molar-refractivity contribution in [3.63, 3.8) is 0 Å². The summed E-state index contributed by atoms with van der Waals surface area (Å²) in [6.45, 7) is 11.2. The van der Waals surface area contributed by atoms with Crippen molar-refractivity contribution < 1.29 is 66.0 Å². The number of rotatable bonds is 22. The van der Waals surface area contributed by atoms with Crippen molar-refractivity contribution >= 4 is 112 Å². The van der Waals surface area contributed by atoms with Gasteiger partial charge in [-0.05, 0) is 129 Å². The van der Waals surface area contributed by atoms with Gasteiger partial charge in [0, 0.05) is 60.8 Å². The van der Waals surface area contributed by atoms with Gasteiger partial charge in [-0.3, -0.25) is 38.7 Å². The molecular formula is C64H64Cl2F2N10O12Si. The van der Waals surface area contributed by atoms with Crippen LogP contribution in [0, 0.1) is 22.5 Å². The third-order valence-corrected chi connectivity index (χ3v) is 20.6. The van der Waals surface area contributed by atoms with Crippen molar-refractivity contribution in [2.75, 3.05) is 61.8 Å². The van der Waals surface area contributed by atoms with Gasteiger partial charge in [0.05, 0.1) is 59.1 Å². The number of carbonyl (C=O) groups excluding carboxylic acids is 6.